The van der Waals surface area contributed by atoms with Gasteiger partial charge in [-0.15, -0.1) is 0 Å². The molecule has 2 unspecified atom stereocenters. The Morgan fingerprint density at radius 3 is 2.24 bits per heavy atom. The summed E-state index contributed by atoms with van der Waals surface area (Å²) in [6.45, 7) is 3.74. The van der Waals surface area contributed by atoms with Crippen LogP contribution in [0.2, 0.25) is 0 Å². The highest BCUT2D eigenvalue weighted by atomic mass is 16.5. The third-order valence-corrected chi connectivity index (χ3v) is 8.55. The quantitative estimate of drug-likeness (QED) is 0.136. The highest BCUT2D eigenvalue weighted by molar-refractivity contribution is 5.96. The number of allylic oxidation sites excluding steroid dienone is 1. The molecule has 0 spiro atoms. The molecule has 2 amide bonds. The second kappa shape index (κ2) is 15.3. The molecule has 49 heavy (non-hydrogen) atoms. The van der Waals surface area contributed by atoms with E-state index in [1.807, 2.05) is 115 Å². The molecule has 1 aliphatic rings. The van der Waals surface area contributed by atoms with Crippen molar-refractivity contribution in [3.8, 4) is 11.5 Å². The van der Waals surface area contributed by atoms with Crippen molar-refractivity contribution in [3.05, 3.63) is 167 Å². The summed E-state index contributed by atoms with van der Waals surface area (Å²) < 4.78 is 17.5. The van der Waals surface area contributed by atoms with Gasteiger partial charge in [0.05, 0.1) is 24.8 Å². The summed E-state index contributed by atoms with van der Waals surface area (Å²) in [5.74, 6) is 0.269. The number of nitrogens with zero attached hydrogens (tertiary/aromatic N) is 1. The molecule has 2 atom stereocenters. The van der Waals surface area contributed by atoms with Gasteiger partial charge in [0, 0.05) is 18.0 Å². The smallest absolute Gasteiger partial charge is 0.336 e. The molecule has 0 radical (unpaired) electrons. The molecule has 0 bridgehead atoms. The van der Waals surface area contributed by atoms with Crippen LogP contribution in [-0.2, 0) is 27.3 Å². The SMILES string of the molecule is CCOC(=O)C1=C(C)N(Cc2ccc(C(=O)NC(Cc3ccccc3)c3ccccc3)o2)C(=O)CC1c1cccc(Oc2ccccc2)c1. The Balaban J connectivity index is 1.22. The van der Waals surface area contributed by atoms with E-state index in [-0.39, 0.29) is 43.2 Å². The Labute approximate surface area is 286 Å². The molecule has 6 rings (SSSR count). The van der Waals surface area contributed by atoms with Crippen molar-refractivity contribution >= 4 is 17.8 Å². The first-order valence-corrected chi connectivity index (χ1v) is 16.4. The Hall–Kier alpha value is -5.89. The van der Waals surface area contributed by atoms with Crippen molar-refractivity contribution in [2.75, 3.05) is 6.61 Å². The number of rotatable bonds is 12. The molecular weight excluding hydrogens is 616 g/mol. The molecule has 248 valence electrons. The van der Waals surface area contributed by atoms with E-state index in [1.54, 1.807) is 26.0 Å². The first kappa shape index (κ1) is 33.0. The second-order valence-corrected chi connectivity index (χ2v) is 11.8. The van der Waals surface area contributed by atoms with E-state index in [9.17, 15) is 14.4 Å². The van der Waals surface area contributed by atoms with Gasteiger partial charge in [-0.25, -0.2) is 4.79 Å². The number of benzene rings is 4. The van der Waals surface area contributed by atoms with E-state index in [1.165, 1.54) is 4.90 Å². The fourth-order valence-electron chi connectivity index (χ4n) is 6.14. The van der Waals surface area contributed by atoms with Crippen LogP contribution in [0.15, 0.2) is 143 Å². The molecule has 1 aromatic heterocycles. The minimum Gasteiger partial charge on any atom is -0.463 e. The largest absolute Gasteiger partial charge is 0.463 e. The van der Waals surface area contributed by atoms with Crippen LogP contribution in [0.25, 0.3) is 0 Å². The van der Waals surface area contributed by atoms with Gasteiger partial charge in [-0.05, 0) is 73.4 Å². The van der Waals surface area contributed by atoms with Gasteiger partial charge in [0.15, 0.2) is 5.76 Å². The summed E-state index contributed by atoms with van der Waals surface area (Å²) in [4.78, 5) is 42.1. The van der Waals surface area contributed by atoms with Crippen LogP contribution in [0.3, 0.4) is 0 Å². The topological polar surface area (TPSA) is 98.1 Å². The zero-order valence-electron chi connectivity index (χ0n) is 27.5. The highest BCUT2D eigenvalue weighted by Gasteiger charge is 2.37. The Kier molecular flexibility index (Phi) is 10.3. The molecule has 5 aromatic rings. The van der Waals surface area contributed by atoms with Gasteiger partial charge >= 0.3 is 5.97 Å². The van der Waals surface area contributed by atoms with Gasteiger partial charge in [0.1, 0.15) is 17.3 Å². The first-order valence-electron chi connectivity index (χ1n) is 16.4. The average Bonchev–Trinajstić information content (AvgIpc) is 3.60. The first-order chi connectivity index (χ1) is 23.9. The molecule has 0 saturated heterocycles. The lowest BCUT2D eigenvalue weighted by Crippen LogP contribution is -2.38. The number of ether oxygens (including phenoxy) is 2. The number of amides is 2. The average molecular weight is 655 g/mol. The van der Waals surface area contributed by atoms with Crippen molar-refractivity contribution in [2.24, 2.45) is 0 Å². The van der Waals surface area contributed by atoms with E-state index in [0.29, 0.717) is 35.0 Å². The van der Waals surface area contributed by atoms with Gasteiger partial charge < -0.3 is 24.1 Å². The van der Waals surface area contributed by atoms with Gasteiger partial charge in [-0.3, -0.25) is 9.59 Å². The lowest BCUT2D eigenvalue weighted by Gasteiger charge is -2.34. The van der Waals surface area contributed by atoms with Crippen molar-refractivity contribution in [1.82, 2.24) is 10.2 Å². The molecule has 1 N–H and O–H groups in total. The van der Waals surface area contributed by atoms with E-state index in [0.717, 1.165) is 16.7 Å². The number of esters is 1. The molecule has 0 saturated carbocycles. The van der Waals surface area contributed by atoms with Crippen LogP contribution in [0.4, 0.5) is 0 Å². The number of carbonyl (C=O) groups excluding carboxylic acids is 3. The van der Waals surface area contributed by atoms with Crippen molar-refractivity contribution in [3.63, 3.8) is 0 Å². The minimum absolute atomic E-state index is 0.0482. The van der Waals surface area contributed by atoms with Crippen LogP contribution in [0.5, 0.6) is 11.5 Å². The maximum absolute atomic E-state index is 13.7. The zero-order valence-corrected chi connectivity index (χ0v) is 27.5. The summed E-state index contributed by atoms with van der Waals surface area (Å²) in [5.41, 5.74) is 3.71. The molecule has 4 aromatic carbocycles. The number of nitrogens with one attached hydrogen (secondary N) is 1. The number of hydrogen-bond acceptors (Lipinski definition) is 6. The maximum Gasteiger partial charge on any atom is 0.336 e. The van der Waals surface area contributed by atoms with Gasteiger partial charge in [0.2, 0.25) is 5.91 Å². The highest BCUT2D eigenvalue weighted by Crippen LogP contribution is 2.39. The normalized spacial score (nSPS) is 15.1. The Bertz CT molecular complexity index is 1930. The number of carbonyl (C=O) groups is 3. The molecule has 8 nitrogen and oxygen atoms in total. The van der Waals surface area contributed by atoms with Crippen molar-refractivity contribution in [2.45, 2.75) is 45.2 Å². The maximum atomic E-state index is 13.7. The molecule has 8 heteroatoms. The van der Waals surface area contributed by atoms with Crippen molar-refractivity contribution < 1.29 is 28.3 Å². The predicted molar refractivity (Wildman–Crippen MR) is 186 cm³/mol. The summed E-state index contributed by atoms with van der Waals surface area (Å²) in [5, 5.41) is 3.12. The van der Waals surface area contributed by atoms with Crippen LogP contribution in [0, 0.1) is 0 Å². The van der Waals surface area contributed by atoms with Crippen LogP contribution >= 0.6 is 0 Å². The molecular formula is C41H38N2O6. The molecule has 0 aliphatic carbocycles. The van der Waals surface area contributed by atoms with Crippen LogP contribution in [0.1, 0.15) is 65.2 Å². The lowest BCUT2D eigenvalue weighted by molar-refractivity contribution is -0.140. The summed E-state index contributed by atoms with van der Waals surface area (Å²) in [6.07, 6.45) is 0.655. The van der Waals surface area contributed by atoms with E-state index < -0.39 is 11.9 Å². The molecule has 1 aliphatic heterocycles. The molecule has 2 heterocycles. The number of furan rings is 1. The standard InChI is InChI=1S/C41H38N2O6/c1-3-47-41(46)39-28(2)43(38(44)26-35(39)31-18-13-21-33(25-31)48-32-19-11-6-12-20-32)27-34-22-23-37(49-34)40(45)42-36(30-16-9-5-10-17-30)24-29-14-7-4-8-15-29/h4-23,25,35-36H,3,24,26-27H2,1-2H3,(H,42,45). The number of hydrogen-bond donors (Lipinski definition) is 1. The van der Waals surface area contributed by atoms with Gasteiger partial charge in [-0.1, -0.05) is 91.0 Å². The fraction of sp³-hybridized carbons (Fsp3) is 0.195. The van der Waals surface area contributed by atoms with Gasteiger partial charge in [0.25, 0.3) is 5.91 Å². The number of para-hydroxylation sites is 1. The summed E-state index contributed by atoms with van der Waals surface area (Å²) >= 11 is 0. The fourth-order valence-corrected chi connectivity index (χ4v) is 6.14. The predicted octanol–water partition coefficient (Wildman–Crippen LogP) is 8.14. The summed E-state index contributed by atoms with van der Waals surface area (Å²) in [7, 11) is 0. The Morgan fingerprint density at radius 2 is 1.53 bits per heavy atom. The van der Waals surface area contributed by atoms with E-state index >= 15 is 0 Å². The monoisotopic (exact) mass is 654 g/mol. The van der Waals surface area contributed by atoms with E-state index in [2.05, 4.69) is 5.32 Å². The lowest BCUT2D eigenvalue weighted by atomic mass is 9.83. The Morgan fingerprint density at radius 1 is 0.857 bits per heavy atom. The zero-order chi connectivity index (χ0) is 34.2. The molecule has 0 fully saturated rings. The minimum atomic E-state index is -0.528. The van der Waals surface area contributed by atoms with Gasteiger partial charge in [-0.2, -0.15) is 0 Å². The van der Waals surface area contributed by atoms with Crippen molar-refractivity contribution in [1.29, 1.82) is 0 Å². The third-order valence-electron chi connectivity index (χ3n) is 8.55. The van der Waals surface area contributed by atoms with Crippen LogP contribution in [-0.4, -0.2) is 29.3 Å². The second-order valence-electron chi connectivity index (χ2n) is 11.8. The summed E-state index contributed by atoms with van der Waals surface area (Å²) in [6, 6.07) is 39.6. The van der Waals surface area contributed by atoms with E-state index in [4.69, 9.17) is 13.9 Å². The van der Waals surface area contributed by atoms with Crippen LogP contribution < -0.4 is 10.1 Å². The third kappa shape index (κ3) is 7.99.